The van der Waals surface area contributed by atoms with Gasteiger partial charge in [0, 0.05) is 6.07 Å². The molecule has 1 N–H and O–H groups in total. The van der Waals surface area contributed by atoms with E-state index >= 15 is 0 Å². The highest BCUT2D eigenvalue weighted by Crippen LogP contribution is 2.25. The molecule has 0 heterocycles. The Bertz CT molecular complexity index is 1180. The Morgan fingerprint density at radius 3 is 2.32 bits per heavy atom. The molecule has 0 aliphatic carbocycles. The number of esters is 1. The molecule has 0 aromatic heterocycles. The van der Waals surface area contributed by atoms with Gasteiger partial charge in [0.05, 0.1) is 23.3 Å². The summed E-state index contributed by atoms with van der Waals surface area (Å²) in [5, 5.41) is 14.8. The topological polar surface area (TPSA) is 129 Å². The minimum Gasteiger partial charge on any atom is -0.494 e. The fourth-order valence-corrected chi connectivity index (χ4v) is 2.73. The molecule has 34 heavy (non-hydrogen) atoms. The van der Waals surface area contributed by atoms with Gasteiger partial charge < -0.3 is 14.2 Å². The minimum absolute atomic E-state index is 0.0120. The zero-order valence-corrected chi connectivity index (χ0v) is 18.2. The van der Waals surface area contributed by atoms with Crippen molar-refractivity contribution in [1.82, 2.24) is 5.43 Å². The van der Waals surface area contributed by atoms with Crippen molar-refractivity contribution in [3.63, 3.8) is 0 Å². The molecule has 3 aromatic carbocycles. The number of amides is 1. The fraction of sp³-hybridized carbons (Fsp3) is 0.125. The largest absolute Gasteiger partial charge is 0.494 e. The number of nitro groups is 1. The van der Waals surface area contributed by atoms with E-state index in [4.69, 9.17) is 14.2 Å². The van der Waals surface area contributed by atoms with Crippen LogP contribution in [-0.2, 0) is 4.79 Å². The molecule has 1 amide bonds. The van der Waals surface area contributed by atoms with Crippen molar-refractivity contribution in [2.45, 2.75) is 6.92 Å². The lowest BCUT2D eigenvalue weighted by Gasteiger charge is -2.06. The van der Waals surface area contributed by atoms with Gasteiger partial charge in [0.2, 0.25) is 0 Å². The van der Waals surface area contributed by atoms with Crippen molar-refractivity contribution >= 4 is 23.8 Å². The van der Waals surface area contributed by atoms with Gasteiger partial charge in [-0.1, -0.05) is 12.1 Å². The Labute approximate surface area is 194 Å². The second-order valence-electron chi connectivity index (χ2n) is 6.72. The summed E-state index contributed by atoms with van der Waals surface area (Å²) >= 11 is 0. The quantitative estimate of drug-likeness (QED) is 0.159. The number of rotatable bonds is 10. The maximum atomic E-state index is 12.3. The fourth-order valence-electron chi connectivity index (χ4n) is 2.73. The highest BCUT2D eigenvalue weighted by Gasteiger charge is 2.14. The van der Waals surface area contributed by atoms with Gasteiger partial charge in [0.15, 0.2) is 12.4 Å². The molecule has 0 aliphatic rings. The molecule has 0 atom stereocenters. The number of benzene rings is 3. The van der Waals surface area contributed by atoms with E-state index in [1.807, 2.05) is 6.92 Å². The van der Waals surface area contributed by atoms with E-state index in [9.17, 15) is 19.7 Å². The molecule has 3 aromatic rings. The Kier molecular flexibility index (Phi) is 8.28. The lowest BCUT2D eigenvalue weighted by atomic mass is 10.2. The van der Waals surface area contributed by atoms with Crippen molar-refractivity contribution in [2.75, 3.05) is 13.2 Å². The third kappa shape index (κ3) is 6.89. The Morgan fingerprint density at radius 1 is 0.971 bits per heavy atom. The molecule has 0 saturated heterocycles. The summed E-state index contributed by atoms with van der Waals surface area (Å²) < 4.78 is 15.9. The van der Waals surface area contributed by atoms with E-state index in [1.165, 1.54) is 24.4 Å². The van der Waals surface area contributed by atoms with Crippen LogP contribution in [-0.4, -0.2) is 36.2 Å². The first-order valence-corrected chi connectivity index (χ1v) is 10.2. The average Bonchev–Trinajstić information content (AvgIpc) is 2.84. The lowest BCUT2D eigenvalue weighted by Crippen LogP contribution is -2.24. The van der Waals surface area contributed by atoms with E-state index in [0.717, 1.165) is 0 Å². The van der Waals surface area contributed by atoms with E-state index in [1.54, 1.807) is 54.6 Å². The van der Waals surface area contributed by atoms with E-state index in [0.29, 0.717) is 29.2 Å². The van der Waals surface area contributed by atoms with E-state index < -0.39 is 23.4 Å². The van der Waals surface area contributed by atoms with Crippen LogP contribution in [0.5, 0.6) is 17.2 Å². The van der Waals surface area contributed by atoms with Crippen molar-refractivity contribution in [1.29, 1.82) is 0 Å². The number of nitro benzene ring substituents is 1. The van der Waals surface area contributed by atoms with Crippen LogP contribution in [0.25, 0.3) is 0 Å². The van der Waals surface area contributed by atoms with Crippen molar-refractivity contribution in [3.8, 4) is 17.2 Å². The summed E-state index contributed by atoms with van der Waals surface area (Å²) in [6.45, 7) is 1.97. The van der Waals surface area contributed by atoms with Crippen LogP contribution in [0.1, 0.15) is 22.8 Å². The van der Waals surface area contributed by atoms with E-state index in [-0.39, 0.29) is 11.4 Å². The van der Waals surface area contributed by atoms with Gasteiger partial charge in [-0.2, -0.15) is 5.10 Å². The third-order valence-electron chi connectivity index (χ3n) is 4.32. The van der Waals surface area contributed by atoms with Gasteiger partial charge in [-0.05, 0) is 67.1 Å². The van der Waals surface area contributed by atoms with E-state index in [2.05, 4.69) is 10.5 Å². The first kappa shape index (κ1) is 23.9. The third-order valence-corrected chi connectivity index (χ3v) is 4.32. The van der Waals surface area contributed by atoms with Crippen LogP contribution >= 0.6 is 0 Å². The van der Waals surface area contributed by atoms with Crippen LogP contribution in [0.4, 0.5) is 5.69 Å². The second kappa shape index (κ2) is 11.8. The van der Waals surface area contributed by atoms with Crippen LogP contribution in [0.3, 0.4) is 0 Å². The average molecular weight is 463 g/mol. The molecule has 0 spiro atoms. The maximum absolute atomic E-state index is 12.3. The zero-order chi connectivity index (χ0) is 24.3. The predicted octanol–water partition coefficient (Wildman–Crippen LogP) is 3.74. The van der Waals surface area contributed by atoms with Crippen LogP contribution < -0.4 is 19.6 Å². The smallest absolute Gasteiger partial charge is 0.343 e. The number of carbonyl (C=O) groups is 2. The van der Waals surface area contributed by atoms with Crippen LogP contribution in [0, 0.1) is 10.1 Å². The zero-order valence-electron chi connectivity index (χ0n) is 18.2. The van der Waals surface area contributed by atoms with Crippen LogP contribution in [0.15, 0.2) is 77.9 Å². The lowest BCUT2D eigenvalue weighted by molar-refractivity contribution is -0.385. The molecule has 0 aliphatic heterocycles. The summed E-state index contributed by atoms with van der Waals surface area (Å²) in [6, 6.07) is 18.9. The Hall–Kier alpha value is -4.73. The number of ether oxygens (including phenoxy) is 3. The van der Waals surface area contributed by atoms with Crippen molar-refractivity contribution in [2.24, 2.45) is 5.10 Å². The molecule has 3 rings (SSSR count). The molecule has 0 radical (unpaired) electrons. The first-order valence-electron chi connectivity index (χ1n) is 10.2. The van der Waals surface area contributed by atoms with Gasteiger partial charge in [-0.25, -0.2) is 10.2 Å². The first-order chi connectivity index (χ1) is 16.5. The van der Waals surface area contributed by atoms with Gasteiger partial charge in [-0.3, -0.25) is 14.9 Å². The normalized spacial score (nSPS) is 10.5. The van der Waals surface area contributed by atoms with Gasteiger partial charge in [0.1, 0.15) is 11.5 Å². The van der Waals surface area contributed by atoms with Gasteiger partial charge >= 0.3 is 11.7 Å². The molecular formula is C24H21N3O7. The predicted molar refractivity (Wildman–Crippen MR) is 123 cm³/mol. The number of carbonyl (C=O) groups excluding carboxylic acids is 2. The molecule has 0 unspecified atom stereocenters. The molecule has 0 fully saturated rings. The molecule has 0 bridgehead atoms. The molecular weight excluding hydrogens is 442 g/mol. The SMILES string of the molecule is CCOc1ccc(C(=O)Oc2ccc(/C=N\NC(=O)COc3ccccc3[N+](=O)[O-])cc2)cc1. The minimum atomic E-state index is -0.593. The van der Waals surface area contributed by atoms with Crippen molar-refractivity contribution in [3.05, 3.63) is 94.0 Å². The number of hydrogen-bond acceptors (Lipinski definition) is 8. The number of hydrogen-bond donors (Lipinski definition) is 1. The Balaban J connectivity index is 1.47. The van der Waals surface area contributed by atoms with Gasteiger partial charge in [-0.15, -0.1) is 0 Å². The standard InChI is InChI=1S/C24H21N3O7/c1-2-32-19-13-9-18(10-14-19)24(29)34-20-11-7-17(8-12-20)15-25-26-23(28)16-33-22-6-4-3-5-21(22)27(30)31/h3-15H,2,16H2,1H3,(H,26,28)/b25-15-. The molecule has 10 nitrogen and oxygen atoms in total. The summed E-state index contributed by atoms with van der Waals surface area (Å²) in [4.78, 5) is 34.5. The number of nitrogens with zero attached hydrogens (tertiary/aromatic N) is 2. The summed E-state index contributed by atoms with van der Waals surface area (Å²) in [7, 11) is 0. The molecule has 174 valence electrons. The van der Waals surface area contributed by atoms with Crippen molar-refractivity contribution < 1.29 is 28.7 Å². The molecule has 0 saturated carbocycles. The monoisotopic (exact) mass is 463 g/mol. The van der Waals surface area contributed by atoms with Gasteiger partial charge in [0.25, 0.3) is 5.91 Å². The maximum Gasteiger partial charge on any atom is 0.343 e. The highest BCUT2D eigenvalue weighted by atomic mass is 16.6. The summed E-state index contributed by atoms with van der Waals surface area (Å²) in [6.07, 6.45) is 1.39. The Morgan fingerprint density at radius 2 is 1.65 bits per heavy atom. The number of nitrogens with one attached hydrogen (secondary N) is 1. The number of hydrazone groups is 1. The summed E-state index contributed by atoms with van der Waals surface area (Å²) in [5.74, 6) is -0.0895. The second-order valence-corrected chi connectivity index (χ2v) is 6.72. The highest BCUT2D eigenvalue weighted by molar-refractivity contribution is 5.91. The molecule has 10 heteroatoms. The van der Waals surface area contributed by atoms with Crippen LogP contribution in [0.2, 0.25) is 0 Å². The number of para-hydroxylation sites is 2. The summed E-state index contributed by atoms with van der Waals surface area (Å²) in [5.41, 5.74) is 3.07.